The van der Waals surface area contributed by atoms with Crippen LogP contribution in [-0.2, 0) is 18.0 Å². The van der Waals surface area contributed by atoms with E-state index in [9.17, 15) is 13.2 Å². The number of H-pyrrole nitrogens is 1. The number of hydrogen-bond donors (Lipinski definition) is 2. The summed E-state index contributed by atoms with van der Waals surface area (Å²) in [4.78, 5) is 4.03. The number of aromatic nitrogens is 6. The molecule has 1 saturated heterocycles. The van der Waals surface area contributed by atoms with Crippen molar-refractivity contribution in [2.75, 3.05) is 13.2 Å². The van der Waals surface area contributed by atoms with Crippen molar-refractivity contribution in [3.63, 3.8) is 0 Å². The number of benzene rings is 1. The predicted molar refractivity (Wildman–Crippen MR) is 135 cm³/mol. The molecule has 4 aromatic rings. The normalized spacial score (nSPS) is 20.1. The molecule has 1 aliphatic heterocycles. The summed E-state index contributed by atoms with van der Waals surface area (Å²) in [5, 5.41) is 19.7. The molecule has 1 saturated carbocycles. The lowest BCUT2D eigenvalue weighted by Gasteiger charge is -2.33. The summed E-state index contributed by atoms with van der Waals surface area (Å²) in [7, 11) is 1.94. The number of aryl methyl sites for hydroxylation is 1. The Morgan fingerprint density at radius 1 is 1.18 bits per heavy atom. The minimum Gasteiger partial charge on any atom is -0.380 e. The maximum atomic E-state index is 14.0. The van der Waals surface area contributed by atoms with Crippen LogP contribution in [0.1, 0.15) is 67.3 Å². The Labute approximate surface area is 218 Å². The van der Waals surface area contributed by atoms with Gasteiger partial charge in [-0.3, -0.25) is 5.10 Å². The molecule has 6 rings (SSSR count). The van der Waals surface area contributed by atoms with E-state index in [1.54, 1.807) is 6.33 Å². The van der Waals surface area contributed by atoms with Crippen molar-refractivity contribution in [2.24, 2.45) is 13.0 Å². The number of hydrogen-bond acceptors (Lipinski definition) is 6. The van der Waals surface area contributed by atoms with Crippen LogP contribution in [0.3, 0.4) is 0 Å². The van der Waals surface area contributed by atoms with Crippen molar-refractivity contribution >= 4 is 10.9 Å². The zero-order valence-electron chi connectivity index (χ0n) is 21.3. The summed E-state index contributed by atoms with van der Waals surface area (Å²) < 4.78 is 49.2. The Hall–Kier alpha value is -3.31. The third-order valence-corrected chi connectivity index (χ3v) is 7.86. The highest BCUT2D eigenvalue weighted by Gasteiger charge is 2.36. The molecule has 0 amide bonds. The molecule has 1 aliphatic carbocycles. The highest BCUT2D eigenvalue weighted by Crippen LogP contribution is 2.44. The zero-order chi connectivity index (χ0) is 26.4. The van der Waals surface area contributed by atoms with Gasteiger partial charge in [0.1, 0.15) is 23.5 Å². The maximum absolute atomic E-state index is 14.0. The molecular weight excluding hydrogens is 495 g/mol. The van der Waals surface area contributed by atoms with E-state index in [4.69, 9.17) is 4.74 Å². The fraction of sp³-hybridized carbons (Fsp3) is 0.481. The summed E-state index contributed by atoms with van der Waals surface area (Å²) in [6, 6.07) is 8.65. The number of nitrogens with zero attached hydrogens (tertiary/aromatic N) is 5. The Kier molecular flexibility index (Phi) is 6.43. The average molecular weight is 526 g/mol. The number of rotatable bonds is 7. The number of aromatic amines is 1. The molecule has 11 heteroatoms. The largest absolute Gasteiger partial charge is 0.433 e. The van der Waals surface area contributed by atoms with Gasteiger partial charge in [0.15, 0.2) is 0 Å². The van der Waals surface area contributed by atoms with Gasteiger partial charge in [-0.1, -0.05) is 24.6 Å². The molecule has 2 N–H and O–H groups in total. The maximum Gasteiger partial charge on any atom is 0.433 e. The second-order valence-electron chi connectivity index (χ2n) is 10.4. The van der Waals surface area contributed by atoms with E-state index in [0.717, 1.165) is 42.3 Å². The molecule has 2 fully saturated rings. The van der Waals surface area contributed by atoms with Gasteiger partial charge in [-0.25, -0.2) is 4.98 Å². The quantitative estimate of drug-likeness (QED) is 0.347. The summed E-state index contributed by atoms with van der Waals surface area (Å²) in [5.41, 5.74) is 2.14. The molecular formula is C27H30F3N7O. The van der Waals surface area contributed by atoms with Crippen LogP contribution in [0.4, 0.5) is 13.2 Å². The molecule has 3 aromatic heterocycles. The van der Waals surface area contributed by atoms with Gasteiger partial charge in [0, 0.05) is 42.6 Å². The second-order valence-corrected chi connectivity index (χ2v) is 10.4. The highest BCUT2D eigenvalue weighted by atomic mass is 19.4. The Bertz CT molecular complexity index is 1440. The second kappa shape index (κ2) is 9.77. The summed E-state index contributed by atoms with van der Waals surface area (Å²) in [5.74, 6) is 1.39. The number of ether oxygens (including phenoxy) is 1. The van der Waals surface area contributed by atoms with Gasteiger partial charge < -0.3 is 14.6 Å². The number of pyridine rings is 1. The molecule has 2 aliphatic rings. The fourth-order valence-corrected chi connectivity index (χ4v) is 5.68. The van der Waals surface area contributed by atoms with Crippen molar-refractivity contribution < 1.29 is 17.9 Å². The SMILES string of the molecule is C[C@H](N[C@H]1CCOC1)c1nc(C(F)(F)F)cc2c(-c3cccc([C@H](c4nncn4C)C4CCC4)c3)n[nH]c12. The Morgan fingerprint density at radius 3 is 2.68 bits per heavy atom. The first kappa shape index (κ1) is 25.0. The van der Waals surface area contributed by atoms with Gasteiger partial charge in [0.2, 0.25) is 0 Å². The minimum absolute atomic E-state index is 0.0576. The first-order valence-corrected chi connectivity index (χ1v) is 13.0. The average Bonchev–Trinajstić information content (AvgIpc) is 3.61. The molecule has 0 radical (unpaired) electrons. The van der Waals surface area contributed by atoms with Crippen molar-refractivity contribution in [3.8, 4) is 11.3 Å². The first-order valence-electron chi connectivity index (χ1n) is 13.0. The molecule has 3 atom stereocenters. The molecule has 4 heterocycles. The van der Waals surface area contributed by atoms with E-state index < -0.39 is 17.9 Å². The molecule has 38 heavy (non-hydrogen) atoms. The van der Waals surface area contributed by atoms with Crippen LogP contribution in [0.2, 0.25) is 0 Å². The molecule has 200 valence electrons. The van der Waals surface area contributed by atoms with Crippen LogP contribution < -0.4 is 5.32 Å². The Morgan fingerprint density at radius 2 is 2.03 bits per heavy atom. The lowest BCUT2D eigenvalue weighted by atomic mass is 9.72. The van der Waals surface area contributed by atoms with Crippen molar-refractivity contribution in [2.45, 2.75) is 56.8 Å². The van der Waals surface area contributed by atoms with E-state index in [2.05, 4.69) is 36.8 Å². The smallest absolute Gasteiger partial charge is 0.380 e. The van der Waals surface area contributed by atoms with Gasteiger partial charge in [-0.05, 0) is 49.8 Å². The van der Waals surface area contributed by atoms with Crippen LogP contribution >= 0.6 is 0 Å². The lowest BCUT2D eigenvalue weighted by molar-refractivity contribution is -0.141. The molecule has 0 bridgehead atoms. The van der Waals surface area contributed by atoms with E-state index >= 15 is 0 Å². The predicted octanol–water partition coefficient (Wildman–Crippen LogP) is 5.14. The third kappa shape index (κ3) is 4.58. The lowest BCUT2D eigenvalue weighted by Crippen LogP contribution is -2.32. The molecule has 8 nitrogen and oxygen atoms in total. The van der Waals surface area contributed by atoms with Crippen LogP contribution in [0.25, 0.3) is 22.2 Å². The number of fused-ring (bicyclic) bond motifs is 1. The van der Waals surface area contributed by atoms with Gasteiger partial charge in [0.25, 0.3) is 0 Å². The molecule has 0 unspecified atom stereocenters. The van der Waals surface area contributed by atoms with Crippen LogP contribution in [-0.4, -0.2) is 49.2 Å². The minimum atomic E-state index is -4.59. The number of nitrogens with one attached hydrogen (secondary N) is 2. The van der Waals surface area contributed by atoms with E-state index in [1.807, 2.05) is 36.7 Å². The van der Waals surface area contributed by atoms with Crippen LogP contribution in [0, 0.1) is 5.92 Å². The molecule has 1 aromatic carbocycles. The van der Waals surface area contributed by atoms with Gasteiger partial charge >= 0.3 is 6.18 Å². The number of alkyl halides is 3. The van der Waals surface area contributed by atoms with E-state index in [0.29, 0.717) is 41.4 Å². The van der Waals surface area contributed by atoms with Gasteiger partial charge in [0.05, 0.1) is 17.8 Å². The number of halogens is 3. The monoisotopic (exact) mass is 525 g/mol. The van der Waals surface area contributed by atoms with E-state index in [1.165, 1.54) is 6.42 Å². The van der Waals surface area contributed by atoms with Crippen LogP contribution in [0.15, 0.2) is 36.7 Å². The van der Waals surface area contributed by atoms with E-state index in [-0.39, 0.29) is 12.0 Å². The van der Waals surface area contributed by atoms with Gasteiger partial charge in [-0.2, -0.15) is 18.3 Å². The standard InChI is InChI=1S/C27H30F3N7O/c1-15(32-19-9-10-38-13-19)23-25-20(12-21(33-23)27(28,29)30)24(34-35-25)18-8-4-7-17(11-18)22(16-5-3-6-16)26-36-31-14-37(26)2/h4,7-8,11-12,14-16,19,22,32H,3,5-6,9-10,13H2,1-2H3,(H,34,35)/t15-,19-,22+/m0/s1. The summed E-state index contributed by atoms with van der Waals surface area (Å²) in [6.45, 7) is 2.99. The third-order valence-electron chi connectivity index (χ3n) is 7.86. The Balaban J connectivity index is 1.43. The van der Waals surface area contributed by atoms with Crippen LogP contribution in [0.5, 0.6) is 0 Å². The highest BCUT2D eigenvalue weighted by molar-refractivity contribution is 5.94. The summed E-state index contributed by atoms with van der Waals surface area (Å²) >= 11 is 0. The topological polar surface area (TPSA) is 93.5 Å². The van der Waals surface area contributed by atoms with Gasteiger partial charge in [-0.15, -0.1) is 10.2 Å². The van der Waals surface area contributed by atoms with Crippen molar-refractivity contribution in [1.82, 2.24) is 35.3 Å². The van der Waals surface area contributed by atoms with Crippen molar-refractivity contribution in [1.29, 1.82) is 0 Å². The first-order chi connectivity index (χ1) is 18.3. The summed E-state index contributed by atoms with van der Waals surface area (Å²) in [6.07, 6.45) is 1.31. The zero-order valence-corrected chi connectivity index (χ0v) is 21.3. The van der Waals surface area contributed by atoms with Crippen molar-refractivity contribution in [3.05, 3.63) is 59.4 Å². The molecule has 0 spiro atoms. The fourth-order valence-electron chi connectivity index (χ4n) is 5.68.